The van der Waals surface area contributed by atoms with Crippen molar-refractivity contribution < 1.29 is 18.4 Å². The Hall–Kier alpha value is -0.883. The van der Waals surface area contributed by atoms with Gasteiger partial charge >= 0.3 is 9.28 Å². The van der Waals surface area contributed by atoms with Gasteiger partial charge in [-0.2, -0.15) is 0 Å². The third-order valence-electron chi connectivity index (χ3n) is 1.82. The number of hydrogen-bond donors (Lipinski definition) is 1. The Morgan fingerprint density at radius 2 is 1.50 bits per heavy atom. The predicted molar refractivity (Wildman–Crippen MR) is 53.8 cm³/mol. The summed E-state index contributed by atoms with van der Waals surface area (Å²) in [5.74, 6) is -0.870. The van der Waals surface area contributed by atoms with Crippen LogP contribution in [0.4, 0.5) is 0 Å². The average Bonchev–Trinajstić information content (AvgIpc) is 1.99. The van der Waals surface area contributed by atoms with Gasteiger partial charge in [0.05, 0.1) is 0 Å². The SMILES string of the molecule is CC(=O)O[SiH](OC(C)=O)C(C)C(C)N. The fraction of sp³-hybridized carbons (Fsp3) is 0.750. The summed E-state index contributed by atoms with van der Waals surface area (Å²) < 4.78 is 9.92. The summed E-state index contributed by atoms with van der Waals surface area (Å²) in [6, 6.07) is -0.162. The Balaban J connectivity index is 4.37. The van der Waals surface area contributed by atoms with Gasteiger partial charge in [-0.25, -0.2) is 0 Å². The normalized spacial score (nSPS) is 14.7. The molecular weight excluding hydrogens is 202 g/mol. The lowest BCUT2D eigenvalue weighted by atomic mass is 10.3. The molecule has 0 aliphatic heterocycles. The molecule has 0 saturated heterocycles. The van der Waals surface area contributed by atoms with Crippen LogP contribution < -0.4 is 5.73 Å². The van der Waals surface area contributed by atoms with E-state index in [0.717, 1.165) is 0 Å². The molecule has 5 nitrogen and oxygen atoms in total. The highest BCUT2D eigenvalue weighted by Gasteiger charge is 2.30. The number of hydrogen-bond acceptors (Lipinski definition) is 5. The summed E-state index contributed by atoms with van der Waals surface area (Å²) in [7, 11) is -2.33. The maximum atomic E-state index is 10.7. The second kappa shape index (κ2) is 5.76. The van der Waals surface area contributed by atoms with Crippen LogP contribution in [0.1, 0.15) is 27.7 Å². The fourth-order valence-electron chi connectivity index (χ4n) is 0.814. The van der Waals surface area contributed by atoms with E-state index in [0.29, 0.717) is 0 Å². The standard InChI is InChI=1S/C8H17NO4Si/c1-5(9)6(2)14(12-7(3)10)13-8(4)11/h5-6,14H,9H2,1-4H3. The van der Waals surface area contributed by atoms with Gasteiger partial charge in [-0.05, 0) is 6.92 Å². The average molecular weight is 219 g/mol. The Morgan fingerprint density at radius 3 is 1.71 bits per heavy atom. The molecule has 2 N–H and O–H groups in total. The molecule has 0 spiro atoms. The van der Waals surface area contributed by atoms with E-state index in [4.69, 9.17) is 14.6 Å². The predicted octanol–water partition coefficient (Wildman–Crippen LogP) is 0.0704. The summed E-state index contributed by atoms with van der Waals surface area (Å²) in [6.07, 6.45) is 0. The highest BCUT2D eigenvalue weighted by molar-refractivity contribution is 6.50. The van der Waals surface area contributed by atoms with Crippen molar-refractivity contribution in [2.75, 3.05) is 0 Å². The molecule has 0 aliphatic rings. The molecule has 0 saturated carbocycles. The zero-order chi connectivity index (χ0) is 11.3. The second-order valence-electron chi connectivity index (χ2n) is 3.31. The largest absolute Gasteiger partial charge is 0.487 e. The smallest absolute Gasteiger partial charge is 0.452 e. The molecule has 0 aromatic heterocycles. The van der Waals surface area contributed by atoms with Crippen LogP contribution in [0.15, 0.2) is 0 Å². The third-order valence-corrected chi connectivity index (χ3v) is 4.42. The van der Waals surface area contributed by atoms with Gasteiger partial charge in [-0.3, -0.25) is 9.59 Å². The lowest BCUT2D eigenvalue weighted by Crippen LogP contribution is -2.39. The van der Waals surface area contributed by atoms with Crippen molar-refractivity contribution in [3.05, 3.63) is 0 Å². The molecule has 0 aromatic rings. The van der Waals surface area contributed by atoms with Crippen molar-refractivity contribution in [2.24, 2.45) is 5.73 Å². The van der Waals surface area contributed by atoms with Crippen LogP contribution in [0.3, 0.4) is 0 Å². The van der Waals surface area contributed by atoms with E-state index in [1.807, 2.05) is 6.92 Å². The first-order valence-corrected chi connectivity index (χ1v) is 6.05. The Bertz CT molecular complexity index is 203. The fourth-order valence-corrected chi connectivity index (χ4v) is 2.44. The summed E-state index contributed by atoms with van der Waals surface area (Å²) in [5.41, 5.74) is 5.55. The Kier molecular flexibility index (Phi) is 5.40. The first-order valence-electron chi connectivity index (χ1n) is 4.44. The van der Waals surface area contributed by atoms with E-state index >= 15 is 0 Å². The zero-order valence-electron chi connectivity index (χ0n) is 8.94. The van der Waals surface area contributed by atoms with Crippen LogP contribution >= 0.6 is 0 Å². The maximum absolute atomic E-state index is 10.7. The summed E-state index contributed by atoms with van der Waals surface area (Å²) >= 11 is 0. The molecule has 0 aliphatic carbocycles. The van der Waals surface area contributed by atoms with Gasteiger partial charge in [-0.1, -0.05) is 6.92 Å². The molecule has 82 valence electrons. The van der Waals surface area contributed by atoms with Gasteiger partial charge in [-0.15, -0.1) is 0 Å². The van der Waals surface area contributed by atoms with Gasteiger partial charge in [0.25, 0.3) is 11.9 Å². The Labute approximate surface area is 85.4 Å². The highest BCUT2D eigenvalue weighted by atomic mass is 28.3. The summed E-state index contributed by atoms with van der Waals surface area (Å²) in [5, 5.41) is 0. The quantitative estimate of drug-likeness (QED) is 0.677. The van der Waals surface area contributed by atoms with Gasteiger partial charge in [0.2, 0.25) is 0 Å². The molecule has 2 atom stereocenters. The van der Waals surface area contributed by atoms with Crippen LogP contribution in [0.2, 0.25) is 5.54 Å². The first kappa shape index (κ1) is 13.1. The third kappa shape index (κ3) is 4.98. The van der Waals surface area contributed by atoms with Crippen LogP contribution in [-0.4, -0.2) is 27.3 Å². The molecule has 0 rings (SSSR count). The first-order chi connectivity index (χ1) is 6.34. The lowest BCUT2D eigenvalue weighted by Gasteiger charge is -2.23. The van der Waals surface area contributed by atoms with Crippen molar-refractivity contribution in [3.63, 3.8) is 0 Å². The van der Waals surface area contributed by atoms with E-state index in [-0.39, 0.29) is 11.6 Å². The van der Waals surface area contributed by atoms with Crippen molar-refractivity contribution in [2.45, 2.75) is 39.3 Å². The van der Waals surface area contributed by atoms with Gasteiger partial charge in [0, 0.05) is 25.4 Å². The Morgan fingerprint density at radius 1 is 1.14 bits per heavy atom. The number of rotatable bonds is 4. The minimum Gasteiger partial charge on any atom is -0.487 e. The van der Waals surface area contributed by atoms with Crippen LogP contribution in [0, 0.1) is 0 Å². The van der Waals surface area contributed by atoms with Crippen molar-refractivity contribution in [3.8, 4) is 0 Å². The molecule has 0 heterocycles. The lowest BCUT2D eigenvalue weighted by molar-refractivity contribution is -0.137. The monoisotopic (exact) mass is 219 g/mol. The zero-order valence-corrected chi connectivity index (χ0v) is 10.1. The molecule has 14 heavy (non-hydrogen) atoms. The number of carbonyl (C=O) groups is 2. The minimum absolute atomic E-state index is 0.0946. The van der Waals surface area contributed by atoms with Crippen molar-refractivity contribution in [1.29, 1.82) is 0 Å². The maximum Gasteiger partial charge on any atom is 0.452 e. The number of nitrogens with two attached hydrogens (primary N) is 1. The van der Waals surface area contributed by atoms with E-state index < -0.39 is 21.2 Å². The van der Waals surface area contributed by atoms with E-state index in [9.17, 15) is 9.59 Å². The molecule has 6 heteroatoms. The van der Waals surface area contributed by atoms with Gasteiger partial charge in [0.15, 0.2) is 0 Å². The van der Waals surface area contributed by atoms with Gasteiger partial charge < -0.3 is 14.6 Å². The van der Waals surface area contributed by atoms with E-state index in [1.165, 1.54) is 13.8 Å². The highest BCUT2D eigenvalue weighted by Crippen LogP contribution is 2.15. The van der Waals surface area contributed by atoms with Crippen LogP contribution in [-0.2, 0) is 18.4 Å². The minimum atomic E-state index is -2.33. The van der Waals surface area contributed by atoms with Crippen molar-refractivity contribution in [1.82, 2.24) is 0 Å². The van der Waals surface area contributed by atoms with Crippen LogP contribution in [0.25, 0.3) is 0 Å². The number of carbonyl (C=O) groups excluding carboxylic acids is 2. The van der Waals surface area contributed by atoms with E-state index in [2.05, 4.69) is 0 Å². The van der Waals surface area contributed by atoms with Crippen molar-refractivity contribution >= 4 is 21.2 Å². The molecule has 2 unspecified atom stereocenters. The molecular formula is C8H17NO4Si. The molecule has 0 aromatic carbocycles. The molecule has 0 radical (unpaired) electrons. The topological polar surface area (TPSA) is 78.6 Å². The summed E-state index contributed by atoms with van der Waals surface area (Å²) in [6.45, 7) is 6.18. The van der Waals surface area contributed by atoms with E-state index in [1.54, 1.807) is 6.92 Å². The summed E-state index contributed by atoms with van der Waals surface area (Å²) in [4.78, 5) is 21.5. The van der Waals surface area contributed by atoms with Crippen LogP contribution in [0.5, 0.6) is 0 Å². The molecule has 0 bridgehead atoms. The molecule has 0 amide bonds. The van der Waals surface area contributed by atoms with Gasteiger partial charge in [0.1, 0.15) is 0 Å². The second-order valence-corrected chi connectivity index (χ2v) is 5.57. The molecule has 0 fully saturated rings.